The van der Waals surface area contributed by atoms with E-state index in [0.29, 0.717) is 12.6 Å². The number of amides is 1. The van der Waals surface area contributed by atoms with E-state index in [2.05, 4.69) is 22.4 Å². The van der Waals surface area contributed by atoms with Crippen LogP contribution in [0.5, 0.6) is 0 Å². The van der Waals surface area contributed by atoms with E-state index in [1.165, 1.54) is 19.3 Å². The first-order valence-corrected chi connectivity index (χ1v) is 6.00. The zero-order chi connectivity index (χ0) is 12.2. The van der Waals surface area contributed by atoms with Crippen LogP contribution in [0.3, 0.4) is 0 Å². The standard InChI is InChI=1S/C11H25N3O2/c1-3-4-6-10(13-2)7-5-8-14-11(15)9-16-12/h10,13H,3-9,12H2,1-2H3,(H,14,15). The summed E-state index contributed by atoms with van der Waals surface area (Å²) in [5.74, 6) is 4.63. The highest BCUT2D eigenvalue weighted by molar-refractivity contribution is 5.77. The summed E-state index contributed by atoms with van der Waals surface area (Å²) in [6, 6.07) is 0.558. The van der Waals surface area contributed by atoms with Crippen molar-refractivity contribution in [3.05, 3.63) is 0 Å². The molecule has 4 N–H and O–H groups in total. The third-order valence-electron chi connectivity index (χ3n) is 2.58. The first-order valence-electron chi connectivity index (χ1n) is 6.00. The fourth-order valence-electron chi connectivity index (χ4n) is 1.59. The van der Waals surface area contributed by atoms with Gasteiger partial charge in [0.25, 0.3) is 0 Å². The lowest BCUT2D eigenvalue weighted by Gasteiger charge is -2.15. The molecule has 0 aromatic carbocycles. The predicted molar refractivity (Wildman–Crippen MR) is 64.8 cm³/mol. The Balaban J connectivity index is 3.43. The third-order valence-corrected chi connectivity index (χ3v) is 2.58. The Hall–Kier alpha value is -0.650. The zero-order valence-corrected chi connectivity index (χ0v) is 10.4. The highest BCUT2D eigenvalue weighted by Crippen LogP contribution is 2.05. The van der Waals surface area contributed by atoms with Gasteiger partial charge >= 0.3 is 0 Å². The van der Waals surface area contributed by atoms with Crippen molar-refractivity contribution in [2.45, 2.75) is 45.1 Å². The van der Waals surface area contributed by atoms with Gasteiger partial charge in [-0.3, -0.25) is 9.63 Å². The van der Waals surface area contributed by atoms with Crippen molar-refractivity contribution in [3.8, 4) is 0 Å². The maximum atomic E-state index is 11.0. The molecule has 0 rings (SSSR count). The molecule has 0 aliphatic heterocycles. The second kappa shape index (κ2) is 10.9. The number of hydrogen-bond donors (Lipinski definition) is 3. The Labute approximate surface area is 98.1 Å². The van der Waals surface area contributed by atoms with Crippen molar-refractivity contribution in [1.29, 1.82) is 0 Å². The SMILES string of the molecule is CCCCC(CCCNC(=O)CON)NC. The van der Waals surface area contributed by atoms with Crippen molar-refractivity contribution in [1.82, 2.24) is 10.6 Å². The van der Waals surface area contributed by atoms with Crippen LogP contribution in [0.4, 0.5) is 0 Å². The molecule has 5 nitrogen and oxygen atoms in total. The maximum absolute atomic E-state index is 11.0. The van der Waals surface area contributed by atoms with Crippen LogP contribution in [0.2, 0.25) is 0 Å². The van der Waals surface area contributed by atoms with E-state index < -0.39 is 0 Å². The molecule has 16 heavy (non-hydrogen) atoms. The monoisotopic (exact) mass is 231 g/mol. The minimum Gasteiger partial charge on any atom is -0.354 e. The smallest absolute Gasteiger partial charge is 0.248 e. The minimum atomic E-state index is -0.155. The number of carbonyl (C=O) groups is 1. The lowest BCUT2D eigenvalue weighted by Crippen LogP contribution is -2.31. The van der Waals surface area contributed by atoms with Crippen molar-refractivity contribution in [2.24, 2.45) is 5.90 Å². The molecule has 0 bridgehead atoms. The van der Waals surface area contributed by atoms with Crippen LogP contribution in [-0.2, 0) is 9.63 Å². The van der Waals surface area contributed by atoms with Crippen molar-refractivity contribution in [3.63, 3.8) is 0 Å². The predicted octanol–water partition coefficient (Wildman–Crippen LogP) is 0.551. The molecular formula is C11H25N3O2. The highest BCUT2D eigenvalue weighted by Gasteiger charge is 2.05. The van der Waals surface area contributed by atoms with E-state index in [-0.39, 0.29) is 12.5 Å². The topological polar surface area (TPSA) is 76.4 Å². The molecule has 1 amide bonds. The van der Waals surface area contributed by atoms with Crippen LogP contribution in [0.25, 0.3) is 0 Å². The first kappa shape index (κ1) is 15.3. The van der Waals surface area contributed by atoms with Gasteiger partial charge in [0.15, 0.2) is 0 Å². The lowest BCUT2D eigenvalue weighted by atomic mass is 10.1. The number of rotatable bonds is 10. The van der Waals surface area contributed by atoms with Gasteiger partial charge in [0.05, 0.1) is 0 Å². The Morgan fingerprint density at radius 2 is 2.06 bits per heavy atom. The summed E-state index contributed by atoms with van der Waals surface area (Å²) in [5.41, 5.74) is 0. The molecule has 0 saturated carbocycles. The Morgan fingerprint density at radius 1 is 1.38 bits per heavy atom. The van der Waals surface area contributed by atoms with E-state index in [4.69, 9.17) is 5.90 Å². The van der Waals surface area contributed by atoms with Gasteiger partial charge in [0, 0.05) is 12.6 Å². The minimum absolute atomic E-state index is 0.0642. The molecule has 1 unspecified atom stereocenters. The summed E-state index contributed by atoms with van der Waals surface area (Å²) in [6.07, 6.45) is 5.74. The van der Waals surface area contributed by atoms with Gasteiger partial charge in [0.1, 0.15) is 6.61 Å². The van der Waals surface area contributed by atoms with Gasteiger partial charge in [-0.15, -0.1) is 0 Å². The average molecular weight is 231 g/mol. The van der Waals surface area contributed by atoms with Crippen LogP contribution in [0.1, 0.15) is 39.0 Å². The fourth-order valence-corrected chi connectivity index (χ4v) is 1.59. The Morgan fingerprint density at radius 3 is 2.62 bits per heavy atom. The van der Waals surface area contributed by atoms with Gasteiger partial charge < -0.3 is 10.6 Å². The second-order valence-electron chi connectivity index (χ2n) is 3.93. The van der Waals surface area contributed by atoms with Crippen molar-refractivity contribution in [2.75, 3.05) is 20.2 Å². The Kier molecular flexibility index (Phi) is 10.4. The summed E-state index contributed by atoms with van der Waals surface area (Å²) < 4.78 is 0. The first-order chi connectivity index (χ1) is 7.74. The molecule has 96 valence electrons. The van der Waals surface area contributed by atoms with Crippen LogP contribution >= 0.6 is 0 Å². The molecule has 0 aromatic rings. The number of unbranched alkanes of at least 4 members (excludes halogenated alkanes) is 1. The molecule has 0 fully saturated rings. The van der Waals surface area contributed by atoms with Crippen LogP contribution in [-0.4, -0.2) is 32.1 Å². The molecule has 0 heterocycles. The van der Waals surface area contributed by atoms with Gasteiger partial charge in [-0.05, 0) is 26.3 Å². The largest absolute Gasteiger partial charge is 0.354 e. The maximum Gasteiger partial charge on any atom is 0.248 e. The Bertz CT molecular complexity index is 177. The van der Waals surface area contributed by atoms with Crippen LogP contribution in [0, 0.1) is 0 Å². The van der Waals surface area contributed by atoms with E-state index >= 15 is 0 Å². The summed E-state index contributed by atoms with van der Waals surface area (Å²) >= 11 is 0. The van der Waals surface area contributed by atoms with Gasteiger partial charge in [-0.2, -0.15) is 0 Å². The van der Waals surface area contributed by atoms with Crippen molar-refractivity contribution < 1.29 is 9.63 Å². The van der Waals surface area contributed by atoms with E-state index in [0.717, 1.165) is 12.8 Å². The van der Waals surface area contributed by atoms with Gasteiger partial charge in [-0.1, -0.05) is 19.8 Å². The fraction of sp³-hybridized carbons (Fsp3) is 0.909. The normalized spacial score (nSPS) is 12.4. The van der Waals surface area contributed by atoms with Crippen LogP contribution < -0.4 is 16.5 Å². The number of nitrogens with one attached hydrogen (secondary N) is 2. The molecule has 0 spiro atoms. The molecule has 5 heteroatoms. The molecule has 0 aromatic heterocycles. The molecule has 0 aliphatic carbocycles. The second-order valence-corrected chi connectivity index (χ2v) is 3.93. The summed E-state index contributed by atoms with van der Waals surface area (Å²) in [5, 5.41) is 6.04. The van der Waals surface area contributed by atoms with Crippen molar-refractivity contribution >= 4 is 5.91 Å². The number of nitrogens with two attached hydrogens (primary N) is 1. The number of hydrogen-bond acceptors (Lipinski definition) is 4. The third kappa shape index (κ3) is 8.64. The zero-order valence-electron chi connectivity index (χ0n) is 10.4. The van der Waals surface area contributed by atoms with E-state index in [9.17, 15) is 4.79 Å². The molecule has 0 saturated heterocycles. The summed E-state index contributed by atoms with van der Waals surface area (Å²) in [4.78, 5) is 15.2. The highest BCUT2D eigenvalue weighted by atomic mass is 16.6. The number of carbonyl (C=O) groups excluding carboxylic acids is 1. The van der Waals surface area contributed by atoms with Crippen LogP contribution in [0.15, 0.2) is 0 Å². The molecule has 1 atom stereocenters. The van der Waals surface area contributed by atoms with Gasteiger partial charge in [0.2, 0.25) is 5.91 Å². The summed E-state index contributed by atoms with van der Waals surface area (Å²) in [7, 11) is 1.99. The van der Waals surface area contributed by atoms with E-state index in [1.54, 1.807) is 0 Å². The van der Waals surface area contributed by atoms with E-state index in [1.807, 2.05) is 7.05 Å². The average Bonchev–Trinajstić information content (AvgIpc) is 2.28. The van der Waals surface area contributed by atoms with Gasteiger partial charge in [-0.25, -0.2) is 5.90 Å². The quantitative estimate of drug-likeness (QED) is 0.379. The summed E-state index contributed by atoms with van der Waals surface area (Å²) in [6.45, 7) is 2.82. The lowest BCUT2D eigenvalue weighted by molar-refractivity contribution is -0.125. The molecule has 0 aliphatic rings. The molecule has 0 radical (unpaired) electrons. The molecular weight excluding hydrogens is 206 g/mol.